The maximum atomic E-state index is 12.2. The molecule has 1 aromatic rings. The highest BCUT2D eigenvalue weighted by atomic mass is 16.2. The van der Waals surface area contributed by atoms with Crippen LogP contribution in [-0.4, -0.2) is 60.3 Å². The molecular formula is C19H28N4O2. The van der Waals surface area contributed by atoms with Crippen LogP contribution in [0.2, 0.25) is 0 Å². The summed E-state index contributed by atoms with van der Waals surface area (Å²) in [7, 11) is 3.95. The summed E-state index contributed by atoms with van der Waals surface area (Å²) >= 11 is 0. The number of nitrogens with zero attached hydrogens (tertiary/aromatic N) is 3. The van der Waals surface area contributed by atoms with Crippen LogP contribution in [0.3, 0.4) is 0 Å². The van der Waals surface area contributed by atoms with Crippen LogP contribution in [0.1, 0.15) is 36.6 Å². The first-order valence-electron chi connectivity index (χ1n) is 8.80. The zero-order valence-electron chi connectivity index (χ0n) is 15.1. The number of likely N-dealkylation sites (tertiary alicyclic amines) is 1. The molecule has 2 heterocycles. The van der Waals surface area contributed by atoms with Crippen molar-refractivity contribution in [3.8, 4) is 0 Å². The predicted octanol–water partition coefficient (Wildman–Crippen LogP) is 1.32. The molecule has 6 heteroatoms. The van der Waals surface area contributed by atoms with Crippen molar-refractivity contribution in [3.63, 3.8) is 0 Å². The Labute approximate surface area is 149 Å². The van der Waals surface area contributed by atoms with Gasteiger partial charge in [-0.3, -0.25) is 14.6 Å². The highest BCUT2D eigenvalue weighted by Crippen LogP contribution is 2.27. The lowest BCUT2D eigenvalue weighted by Crippen LogP contribution is -2.37. The van der Waals surface area contributed by atoms with Crippen LogP contribution in [0.5, 0.6) is 0 Å². The standard InChI is InChI=1S/C19H28N4O2/c1-22(2)12-4-7-19(25)23-13-10-15(11-14-23)17-6-3-5-16(21-17)8-9-18(20)24/h3-7,15H,8-14H2,1-2H3,(H2,20,24)/b7-4+. The normalized spacial score (nSPS) is 15.9. The molecule has 1 saturated heterocycles. The van der Waals surface area contributed by atoms with Crippen molar-refractivity contribution in [3.05, 3.63) is 41.7 Å². The van der Waals surface area contributed by atoms with Gasteiger partial charge in [-0.2, -0.15) is 0 Å². The molecule has 1 fully saturated rings. The molecule has 0 radical (unpaired) electrons. The Morgan fingerprint density at radius 3 is 2.68 bits per heavy atom. The van der Waals surface area contributed by atoms with E-state index in [9.17, 15) is 9.59 Å². The van der Waals surface area contributed by atoms with Crippen molar-refractivity contribution in [1.82, 2.24) is 14.8 Å². The molecule has 6 nitrogen and oxygen atoms in total. The van der Waals surface area contributed by atoms with E-state index in [2.05, 4.69) is 4.98 Å². The number of amides is 2. The minimum atomic E-state index is -0.304. The Bertz CT molecular complexity index is 620. The van der Waals surface area contributed by atoms with E-state index >= 15 is 0 Å². The second kappa shape index (κ2) is 9.32. The number of rotatable bonds is 7. The lowest BCUT2D eigenvalue weighted by atomic mass is 9.92. The van der Waals surface area contributed by atoms with Gasteiger partial charge in [0.05, 0.1) is 0 Å². The number of hydrogen-bond donors (Lipinski definition) is 1. The third kappa shape index (κ3) is 6.31. The van der Waals surface area contributed by atoms with Crippen molar-refractivity contribution in [2.24, 2.45) is 5.73 Å². The van der Waals surface area contributed by atoms with Crippen LogP contribution in [0.15, 0.2) is 30.4 Å². The second-order valence-electron chi connectivity index (χ2n) is 6.78. The van der Waals surface area contributed by atoms with E-state index in [1.54, 1.807) is 6.08 Å². The summed E-state index contributed by atoms with van der Waals surface area (Å²) in [5.41, 5.74) is 7.16. The average Bonchev–Trinajstić information content (AvgIpc) is 2.60. The molecule has 0 saturated carbocycles. The summed E-state index contributed by atoms with van der Waals surface area (Å²) in [6, 6.07) is 5.95. The average molecular weight is 344 g/mol. The minimum absolute atomic E-state index is 0.0865. The summed E-state index contributed by atoms with van der Waals surface area (Å²) in [5.74, 6) is 0.146. The van der Waals surface area contributed by atoms with Crippen LogP contribution in [0, 0.1) is 0 Å². The Balaban J connectivity index is 1.87. The maximum Gasteiger partial charge on any atom is 0.246 e. The molecule has 2 amide bonds. The van der Waals surface area contributed by atoms with Gasteiger partial charge in [0.15, 0.2) is 0 Å². The maximum absolute atomic E-state index is 12.2. The fraction of sp³-hybridized carbons (Fsp3) is 0.526. The van der Waals surface area contributed by atoms with E-state index in [4.69, 9.17) is 5.73 Å². The molecule has 136 valence electrons. The summed E-state index contributed by atoms with van der Waals surface area (Å²) in [6.07, 6.45) is 6.31. The van der Waals surface area contributed by atoms with Crippen molar-refractivity contribution >= 4 is 11.8 Å². The molecule has 1 aliphatic heterocycles. The van der Waals surface area contributed by atoms with Crippen molar-refractivity contribution in [2.45, 2.75) is 31.6 Å². The van der Waals surface area contributed by atoms with E-state index < -0.39 is 0 Å². The van der Waals surface area contributed by atoms with Crippen LogP contribution in [0.4, 0.5) is 0 Å². The number of hydrogen-bond acceptors (Lipinski definition) is 4. The molecule has 0 spiro atoms. The van der Waals surface area contributed by atoms with Crippen molar-refractivity contribution in [1.29, 1.82) is 0 Å². The molecule has 0 atom stereocenters. The van der Waals surface area contributed by atoms with Gasteiger partial charge in [0.25, 0.3) is 0 Å². The number of carbonyl (C=O) groups excluding carboxylic acids is 2. The molecule has 1 aromatic heterocycles. The van der Waals surface area contributed by atoms with E-state index in [0.29, 0.717) is 18.8 Å². The first-order chi connectivity index (χ1) is 12.0. The quantitative estimate of drug-likeness (QED) is 0.757. The Kier molecular flexibility index (Phi) is 7.13. The van der Waals surface area contributed by atoms with E-state index in [1.807, 2.05) is 48.2 Å². The van der Waals surface area contributed by atoms with Gasteiger partial charge in [-0.1, -0.05) is 12.1 Å². The van der Waals surface area contributed by atoms with Gasteiger partial charge in [-0.05, 0) is 45.5 Å². The number of piperidine rings is 1. The van der Waals surface area contributed by atoms with Crippen molar-refractivity contribution in [2.75, 3.05) is 33.7 Å². The van der Waals surface area contributed by atoms with Gasteiger partial charge in [0.2, 0.25) is 11.8 Å². The lowest BCUT2D eigenvalue weighted by Gasteiger charge is -2.31. The lowest BCUT2D eigenvalue weighted by molar-refractivity contribution is -0.127. The molecule has 2 N–H and O–H groups in total. The van der Waals surface area contributed by atoms with Gasteiger partial charge < -0.3 is 15.5 Å². The zero-order chi connectivity index (χ0) is 18.2. The van der Waals surface area contributed by atoms with E-state index in [-0.39, 0.29) is 11.8 Å². The summed E-state index contributed by atoms with van der Waals surface area (Å²) in [5, 5.41) is 0. The number of nitrogens with two attached hydrogens (primary N) is 1. The van der Waals surface area contributed by atoms with E-state index in [1.165, 1.54) is 0 Å². The highest BCUT2D eigenvalue weighted by Gasteiger charge is 2.23. The third-order valence-corrected chi connectivity index (χ3v) is 4.41. The van der Waals surface area contributed by atoms with Gasteiger partial charge in [0, 0.05) is 49.4 Å². The van der Waals surface area contributed by atoms with Crippen LogP contribution < -0.4 is 5.73 Å². The number of likely N-dealkylation sites (N-methyl/N-ethyl adjacent to an activating group) is 1. The number of aryl methyl sites for hydroxylation is 1. The predicted molar refractivity (Wildman–Crippen MR) is 98.0 cm³/mol. The van der Waals surface area contributed by atoms with Gasteiger partial charge in [0.1, 0.15) is 0 Å². The summed E-state index contributed by atoms with van der Waals surface area (Å²) in [6.45, 7) is 2.27. The number of pyridine rings is 1. The zero-order valence-corrected chi connectivity index (χ0v) is 15.1. The molecule has 25 heavy (non-hydrogen) atoms. The number of aromatic nitrogens is 1. The monoisotopic (exact) mass is 344 g/mol. The molecule has 0 unspecified atom stereocenters. The van der Waals surface area contributed by atoms with Crippen molar-refractivity contribution < 1.29 is 9.59 Å². The topological polar surface area (TPSA) is 79.5 Å². The molecule has 2 rings (SSSR count). The number of carbonyl (C=O) groups is 2. The molecule has 0 aromatic carbocycles. The highest BCUT2D eigenvalue weighted by molar-refractivity contribution is 5.87. The van der Waals surface area contributed by atoms with Crippen LogP contribution in [0.25, 0.3) is 0 Å². The largest absolute Gasteiger partial charge is 0.370 e. The first kappa shape index (κ1) is 19.1. The van der Waals surface area contributed by atoms with E-state index in [0.717, 1.165) is 43.9 Å². The van der Waals surface area contributed by atoms with Crippen LogP contribution >= 0.6 is 0 Å². The summed E-state index contributed by atoms with van der Waals surface area (Å²) < 4.78 is 0. The third-order valence-electron chi connectivity index (χ3n) is 4.41. The second-order valence-corrected chi connectivity index (χ2v) is 6.78. The SMILES string of the molecule is CN(C)C/C=C/C(=O)N1CCC(c2cccc(CCC(N)=O)n2)CC1. The Morgan fingerprint density at radius 2 is 2.04 bits per heavy atom. The smallest absolute Gasteiger partial charge is 0.246 e. The molecular weight excluding hydrogens is 316 g/mol. The molecule has 0 bridgehead atoms. The minimum Gasteiger partial charge on any atom is -0.370 e. The van der Waals surface area contributed by atoms with Gasteiger partial charge in [-0.15, -0.1) is 0 Å². The Hall–Kier alpha value is -2.21. The van der Waals surface area contributed by atoms with Gasteiger partial charge in [-0.25, -0.2) is 0 Å². The van der Waals surface area contributed by atoms with Crippen LogP contribution in [-0.2, 0) is 16.0 Å². The summed E-state index contributed by atoms with van der Waals surface area (Å²) in [4.78, 5) is 31.7. The fourth-order valence-electron chi connectivity index (χ4n) is 2.98. The Morgan fingerprint density at radius 1 is 1.32 bits per heavy atom. The first-order valence-corrected chi connectivity index (χ1v) is 8.80. The fourth-order valence-corrected chi connectivity index (χ4v) is 2.98. The van der Waals surface area contributed by atoms with Gasteiger partial charge >= 0.3 is 0 Å². The molecule has 1 aliphatic rings. The molecule has 0 aliphatic carbocycles. The number of primary amides is 1.